The number of para-hydroxylation sites is 1. The van der Waals surface area contributed by atoms with Crippen molar-refractivity contribution in [2.75, 3.05) is 0 Å². The first kappa shape index (κ1) is 13.4. The summed E-state index contributed by atoms with van der Waals surface area (Å²) in [6, 6.07) is 12.7. The third-order valence-corrected chi connectivity index (χ3v) is 2.49. The minimum Gasteiger partial charge on any atom is -0.428 e. The zero-order chi connectivity index (χ0) is 13.9. The predicted octanol–water partition coefficient (Wildman–Crippen LogP) is 4.45. The Balaban J connectivity index is 2.28. The van der Waals surface area contributed by atoms with Gasteiger partial charge in [0.15, 0.2) is 0 Å². The van der Waals surface area contributed by atoms with Crippen molar-refractivity contribution in [2.45, 2.75) is 12.0 Å². The maximum atomic E-state index is 13.7. The highest BCUT2D eigenvalue weighted by molar-refractivity contribution is 5.25. The Morgan fingerprint density at radius 3 is 1.68 bits per heavy atom. The van der Waals surface area contributed by atoms with Gasteiger partial charge in [0.1, 0.15) is 5.75 Å². The highest BCUT2D eigenvalue weighted by Gasteiger charge is 2.60. The molecule has 0 fully saturated rings. The maximum Gasteiger partial charge on any atom is 0.469 e. The molecule has 2 rings (SSSR count). The molecule has 100 valence electrons. The molecule has 5 heteroatoms. The fraction of sp³-hybridized carbons (Fsp3) is 0.143. The Kier molecular flexibility index (Phi) is 3.46. The van der Waals surface area contributed by atoms with Crippen molar-refractivity contribution in [3.63, 3.8) is 0 Å². The van der Waals surface area contributed by atoms with E-state index in [2.05, 4.69) is 4.74 Å². The molecule has 0 atom stereocenters. The highest BCUT2D eigenvalue weighted by Crippen LogP contribution is 2.43. The Morgan fingerprint density at radius 2 is 1.16 bits per heavy atom. The molecule has 0 aliphatic carbocycles. The van der Waals surface area contributed by atoms with Crippen molar-refractivity contribution < 1.29 is 22.3 Å². The van der Waals surface area contributed by atoms with E-state index in [-0.39, 0.29) is 5.75 Å². The largest absolute Gasteiger partial charge is 0.469 e. The third kappa shape index (κ3) is 2.70. The summed E-state index contributed by atoms with van der Waals surface area (Å²) in [7, 11) is 0. The van der Waals surface area contributed by atoms with E-state index < -0.39 is 17.6 Å². The van der Waals surface area contributed by atoms with Crippen LogP contribution in [0.2, 0.25) is 0 Å². The number of rotatable bonds is 4. The van der Waals surface area contributed by atoms with Gasteiger partial charge in [-0.2, -0.15) is 17.6 Å². The standard InChI is InChI=1S/C14H10F4O/c15-13(16,11-7-3-1-4-8-11)14(17,18)19-12-9-5-2-6-10-12/h1-10H. The monoisotopic (exact) mass is 270 g/mol. The lowest BCUT2D eigenvalue weighted by Gasteiger charge is -2.26. The molecule has 0 aliphatic rings. The average molecular weight is 270 g/mol. The molecule has 0 aliphatic heterocycles. The molecular formula is C14H10F4O. The van der Waals surface area contributed by atoms with Gasteiger partial charge in [0.2, 0.25) is 0 Å². The van der Waals surface area contributed by atoms with E-state index in [1.54, 1.807) is 6.07 Å². The second-order valence-corrected chi connectivity index (χ2v) is 3.87. The average Bonchev–Trinajstić information content (AvgIpc) is 2.40. The molecule has 2 aromatic carbocycles. The van der Waals surface area contributed by atoms with Crippen molar-refractivity contribution in [1.29, 1.82) is 0 Å². The number of hydrogen-bond acceptors (Lipinski definition) is 1. The van der Waals surface area contributed by atoms with E-state index >= 15 is 0 Å². The molecule has 2 aromatic rings. The molecular weight excluding hydrogens is 260 g/mol. The molecule has 0 radical (unpaired) electrons. The molecule has 0 bridgehead atoms. The summed E-state index contributed by atoms with van der Waals surface area (Å²) in [5.74, 6) is -4.73. The first-order valence-corrected chi connectivity index (χ1v) is 5.49. The summed E-state index contributed by atoms with van der Waals surface area (Å²) in [5, 5.41) is 0. The Morgan fingerprint density at radius 1 is 0.684 bits per heavy atom. The zero-order valence-electron chi connectivity index (χ0n) is 9.69. The van der Waals surface area contributed by atoms with E-state index in [0.29, 0.717) is 0 Å². The molecule has 0 aromatic heterocycles. The van der Waals surface area contributed by atoms with Gasteiger partial charge < -0.3 is 4.74 Å². The van der Waals surface area contributed by atoms with Gasteiger partial charge in [0, 0.05) is 5.56 Å². The Bertz CT molecular complexity index is 526. The summed E-state index contributed by atoms with van der Waals surface area (Å²) >= 11 is 0. The minimum atomic E-state index is -4.63. The number of halogens is 4. The van der Waals surface area contributed by atoms with Gasteiger partial charge >= 0.3 is 12.0 Å². The Labute approximate surface area is 107 Å². The van der Waals surface area contributed by atoms with Gasteiger partial charge in [-0.05, 0) is 12.1 Å². The molecule has 19 heavy (non-hydrogen) atoms. The molecule has 1 nitrogen and oxygen atoms in total. The molecule has 0 saturated carbocycles. The van der Waals surface area contributed by atoms with Crippen LogP contribution in [0.15, 0.2) is 60.7 Å². The van der Waals surface area contributed by atoms with Crippen LogP contribution in [-0.4, -0.2) is 6.11 Å². The maximum absolute atomic E-state index is 13.7. The van der Waals surface area contributed by atoms with E-state index in [1.165, 1.54) is 42.5 Å². The second kappa shape index (κ2) is 4.91. The van der Waals surface area contributed by atoms with Crippen LogP contribution in [-0.2, 0) is 5.92 Å². The van der Waals surface area contributed by atoms with Gasteiger partial charge in [0.05, 0.1) is 0 Å². The number of ether oxygens (including phenoxy) is 1. The third-order valence-electron chi connectivity index (χ3n) is 2.49. The van der Waals surface area contributed by atoms with Crippen LogP contribution in [0.4, 0.5) is 17.6 Å². The van der Waals surface area contributed by atoms with Gasteiger partial charge in [-0.1, -0.05) is 48.5 Å². The normalized spacial score (nSPS) is 12.2. The van der Waals surface area contributed by atoms with Gasteiger partial charge in [-0.3, -0.25) is 0 Å². The van der Waals surface area contributed by atoms with Crippen molar-refractivity contribution in [2.24, 2.45) is 0 Å². The van der Waals surface area contributed by atoms with Crippen LogP contribution in [0.25, 0.3) is 0 Å². The van der Waals surface area contributed by atoms with Crippen LogP contribution in [0, 0.1) is 0 Å². The predicted molar refractivity (Wildman–Crippen MR) is 62.4 cm³/mol. The fourth-order valence-electron chi connectivity index (χ4n) is 1.52. The van der Waals surface area contributed by atoms with Gasteiger partial charge in [-0.25, -0.2) is 0 Å². The smallest absolute Gasteiger partial charge is 0.428 e. The van der Waals surface area contributed by atoms with Crippen molar-refractivity contribution in [3.8, 4) is 5.75 Å². The summed E-state index contributed by atoms with van der Waals surface area (Å²) in [6.07, 6.45) is -4.63. The molecule has 0 spiro atoms. The molecule has 0 unspecified atom stereocenters. The lowest BCUT2D eigenvalue weighted by molar-refractivity contribution is -0.316. The SMILES string of the molecule is FC(F)(Oc1ccccc1)C(F)(F)c1ccccc1. The van der Waals surface area contributed by atoms with Crippen molar-refractivity contribution in [1.82, 2.24) is 0 Å². The van der Waals surface area contributed by atoms with Crippen LogP contribution < -0.4 is 4.74 Å². The zero-order valence-corrected chi connectivity index (χ0v) is 9.69. The number of benzene rings is 2. The summed E-state index contributed by atoms with van der Waals surface area (Å²) in [4.78, 5) is 0. The first-order chi connectivity index (χ1) is 8.93. The topological polar surface area (TPSA) is 9.23 Å². The van der Waals surface area contributed by atoms with Crippen LogP contribution in [0.1, 0.15) is 5.56 Å². The molecule has 0 amide bonds. The van der Waals surface area contributed by atoms with Crippen LogP contribution in [0.3, 0.4) is 0 Å². The minimum absolute atomic E-state index is 0.317. The summed E-state index contributed by atoms with van der Waals surface area (Å²) < 4.78 is 58.8. The summed E-state index contributed by atoms with van der Waals surface area (Å²) in [6.45, 7) is 0. The first-order valence-electron chi connectivity index (χ1n) is 5.49. The van der Waals surface area contributed by atoms with E-state index in [9.17, 15) is 17.6 Å². The molecule has 0 heterocycles. The van der Waals surface area contributed by atoms with Crippen LogP contribution in [0.5, 0.6) is 5.75 Å². The lowest BCUT2D eigenvalue weighted by Crippen LogP contribution is -2.43. The lowest BCUT2D eigenvalue weighted by atomic mass is 10.1. The number of hydrogen-bond donors (Lipinski definition) is 0. The van der Waals surface area contributed by atoms with E-state index in [1.807, 2.05) is 0 Å². The molecule has 0 saturated heterocycles. The van der Waals surface area contributed by atoms with Gasteiger partial charge in [0.25, 0.3) is 0 Å². The van der Waals surface area contributed by atoms with E-state index in [0.717, 1.165) is 12.1 Å². The number of alkyl halides is 4. The quantitative estimate of drug-likeness (QED) is 0.746. The van der Waals surface area contributed by atoms with Crippen LogP contribution >= 0.6 is 0 Å². The Hall–Kier alpha value is -2.04. The second-order valence-electron chi connectivity index (χ2n) is 3.87. The summed E-state index contributed by atoms with van der Waals surface area (Å²) in [5.41, 5.74) is -0.795. The van der Waals surface area contributed by atoms with Gasteiger partial charge in [-0.15, -0.1) is 0 Å². The highest BCUT2D eigenvalue weighted by atomic mass is 19.3. The van der Waals surface area contributed by atoms with Crippen molar-refractivity contribution in [3.05, 3.63) is 66.2 Å². The molecule has 0 N–H and O–H groups in total. The fourth-order valence-corrected chi connectivity index (χ4v) is 1.52. The van der Waals surface area contributed by atoms with E-state index in [4.69, 9.17) is 0 Å². The van der Waals surface area contributed by atoms with Crippen molar-refractivity contribution >= 4 is 0 Å².